The lowest BCUT2D eigenvalue weighted by Gasteiger charge is -2.43. The maximum atomic E-state index is 13.3. The number of benzene rings is 1. The third-order valence-corrected chi connectivity index (χ3v) is 6.56. The molecule has 33 heavy (non-hydrogen) atoms. The third kappa shape index (κ3) is 3.09. The standard InChI is InChI=1S/C23H22O10/c1-8(24)6-23(32)7-11(26)13-14(17(23)22(31)33-2)21(30)15-16(20(13)29)19(28)12-9(18(15)27)4-3-5-10(12)25/h3-5,9,11-12,17,25-26,29-30,32H,6-7H2,1-2H3. The minimum Gasteiger partial charge on any atom is -0.512 e. The first-order valence-corrected chi connectivity index (χ1v) is 10.2. The van der Waals surface area contributed by atoms with Crippen molar-refractivity contribution in [3.05, 3.63) is 46.2 Å². The topological polar surface area (TPSA) is 179 Å². The van der Waals surface area contributed by atoms with E-state index in [1.54, 1.807) is 0 Å². The van der Waals surface area contributed by atoms with Crippen molar-refractivity contribution in [2.75, 3.05) is 7.11 Å². The van der Waals surface area contributed by atoms with Gasteiger partial charge in [0.1, 0.15) is 29.0 Å². The molecular weight excluding hydrogens is 436 g/mol. The molecule has 0 amide bonds. The Hall–Kier alpha value is -3.50. The fraction of sp³-hybridized carbons (Fsp3) is 0.391. The van der Waals surface area contributed by atoms with Crippen molar-refractivity contribution in [3.8, 4) is 11.5 Å². The number of fused-ring (bicyclic) bond motifs is 3. The summed E-state index contributed by atoms with van der Waals surface area (Å²) in [7, 11) is 1.01. The molecule has 0 spiro atoms. The maximum Gasteiger partial charge on any atom is 0.316 e. The highest BCUT2D eigenvalue weighted by Crippen LogP contribution is 2.56. The molecule has 0 bridgehead atoms. The van der Waals surface area contributed by atoms with E-state index in [4.69, 9.17) is 4.74 Å². The van der Waals surface area contributed by atoms with Crippen LogP contribution in [0.5, 0.6) is 11.5 Å². The number of rotatable bonds is 3. The number of methoxy groups -OCH3 is 1. The van der Waals surface area contributed by atoms with Crippen LogP contribution in [0.1, 0.15) is 63.6 Å². The number of phenols is 2. The first-order chi connectivity index (χ1) is 15.4. The zero-order valence-electron chi connectivity index (χ0n) is 17.7. The largest absolute Gasteiger partial charge is 0.512 e. The fourth-order valence-corrected chi connectivity index (χ4v) is 5.29. The molecule has 4 rings (SSSR count). The molecule has 0 fully saturated rings. The Morgan fingerprint density at radius 1 is 1.09 bits per heavy atom. The Morgan fingerprint density at radius 2 is 1.70 bits per heavy atom. The molecule has 0 radical (unpaired) electrons. The number of Topliss-reactive ketones (excluding diaryl/α,β-unsaturated/α-hetero) is 3. The number of ether oxygens (including phenoxy) is 1. The highest BCUT2D eigenvalue weighted by molar-refractivity contribution is 6.21. The number of carbonyl (C=O) groups excluding carboxylic acids is 4. The van der Waals surface area contributed by atoms with E-state index >= 15 is 0 Å². The van der Waals surface area contributed by atoms with Gasteiger partial charge in [0.2, 0.25) is 0 Å². The Bertz CT molecular complexity index is 1180. The van der Waals surface area contributed by atoms with E-state index in [-0.39, 0.29) is 0 Å². The molecule has 3 aliphatic carbocycles. The summed E-state index contributed by atoms with van der Waals surface area (Å²) in [6.45, 7) is 1.16. The summed E-state index contributed by atoms with van der Waals surface area (Å²) in [5, 5.41) is 54.3. The summed E-state index contributed by atoms with van der Waals surface area (Å²) in [6, 6.07) is 0. The van der Waals surface area contributed by atoms with Gasteiger partial charge in [0, 0.05) is 24.0 Å². The van der Waals surface area contributed by atoms with Gasteiger partial charge in [0.15, 0.2) is 11.6 Å². The quantitative estimate of drug-likeness (QED) is 0.325. The van der Waals surface area contributed by atoms with E-state index in [1.165, 1.54) is 18.2 Å². The number of allylic oxidation sites excluding steroid dienone is 4. The molecular formula is C23H22O10. The van der Waals surface area contributed by atoms with Gasteiger partial charge in [-0.15, -0.1) is 0 Å². The third-order valence-electron chi connectivity index (χ3n) is 6.56. The van der Waals surface area contributed by atoms with Crippen LogP contribution in [0.4, 0.5) is 0 Å². The first kappa shape index (κ1) is 22.7. The van der Waals surface area contributed by atoms with Crippen molar-refractivity contribution in [1.82, 2.24) is 0 Å². The second-order valence-electron chi connectivity index (χ2n) is 8.64. The lowest BCUT2D eigenvalue weighted by atomic mass is 9.64. The Kier molecular flexibility index (Phi) is 5.18. The molecule has 10 nitrogen and oxygen atoms in total. The van der Waals surface area contributed by atoms with Crippen molar-refractivity contribution in [3.63, 3.8) is 0 Å². The number of phenolic OH excluding ortho intramolecular Hbond substituents is 2. The highest BCUT2D eigenvalue weighted by Gasteiger charge is 2.55. The first-order valence-electron chi connectivity index (χ1n) is 10.2. The molecule has 1 aromatic rings. The second-order valence-corrected chi connectivity index (χ2v) is 8.64. The van der Waals surface area contributed by atoms with Crippen LogP contribution in [0, 0.1) is 11.8 Å². The van der Waals surface area contributed by atoms with Crippen LogP contribution in [0.3, 0.4) is 0 Å². The van der Waals surface area contributed by atoms with Gasteiger partial charge < -0.3 is 30.3 Å². The minimum absolute atomic E-state index is 0.396. The van der Waals surface area contributed by atoms with Crippen molar-refractivity contribution >= 4 is 23.3 Å². The van der Waals surface area contributed by atoms with E-state index in [0.717, 1.165) is 14.0 Å². The summed E-state index contributed by atoms with van der Waals surface area (Å²) in [5.74, 6) is -9.60. The fourth-order valence-electron chi connectivity index (χ4n) is 5.29. The predicted molar refractivity (Wildman–Crippen MR) is 110 cm³/mol. The van der Waals surface area contributed by atoms with Crippen LogP contribution in [0.15, 0.2) is 24.0 Å². The van der Waals surface area contributed by atoms with E-state index < -0.39 is 105 Å². The highest BCUT2D eigenvalue weighted by atomic mass is 16.5. The molecule has 5 N–H and O–H groups in total. The van der Waals surface area contributed by atoms with Crippen LogP contribution >= 0.6 is 0 Å². The number of aromatic hydroxyl groups is 2. The average Bonchev–Trinajstić information content (AvgIpc) is 2.72. The number of aliphatic hydroxyl groups is 3. The van der Waals surface area contributed by atoms with Gasteiger partial charge in [0.05, 0.1) is 41.8 Å². The van der Waals surface area contributed by atoms with Crippen LogP contribution in [-0.4, -0.2) is 61.6 Å². The van der Waals surface area contributed by atoms with Crippen LogP contribution < -0.4 is 0 Å². The van der Waals surface area contributed by atoms with Crippen LogP contribution in [0.25, 0.3) is 0 Å². The molecule has 0 aliphatic heterocycles. The molecule has 0 saturated heterocycles. The van der Waals surface area contributed by atoms with Crippen molar-refractivity contribution < 1.29 is 49.4 Å². The summed E-state index contributed by atoms with van der Waals surface area (Å²) >= 11 is 0. The summed E-state index contributed by atoms with van der Waals surface area (Å²) in [4.78, 5) is 51.0. The Labute approximate surface area is 187 Å². The van der Waals surface area contributed by atoms with E-state index in [0.29, 0.717) is 0 Å². The monoisotopic (exact) mass is 458 g/mol. The smallest absolute Gasteiger partial charge is 0.316 e. The number of aliphatic hydroxyl groups excluding tert-OH is 2. The molecule has 1 aromatic carbocycles. The van der Waals surface area contributed by atoms with Crippen LogP contribution in [0.2, 0.25) is 0 Å². The van der Waals surface area contributed by atoms with Crippen LogP contribution in [-0.2, 0) is 14.3 Å². The van der Waals surface area contributed by atoms with Gasteiger partial charge in [-0.05, 0) is 13.0 Å². The SMILES string of the molecule is COC(=O)C1c2c(O)c3c(c(O)c2C(O)CC1(O)CC(C)=O)C(=O)C1C(O)=CC=CC1C3=O. The molecule has 0 heterocycles. The Balaban J connectivity index is 2.05. The normalized spacial score (nSPS) is 30.1. The van der Waals surface area contributed by atoms with E-state index in [1.807, 2.05) is 0 Å². The van der Waals surface area contributed by atoms with E-state index in [9.17, 15) is 44.7 Å². The summed E-state index contributed by atoms with van der Waals surface area (Å²) in [5.41, 5.74) is -4.29. The molecule has 174 valence electrons. The Morgan fingerprint density at radius 3 is 2.30 bits per heavy atom. The molecule has 3 aliphatic rings. The zero-order chi connectivity index (χ0) is 24.4. The molecule has 0 aromatic heterocycles. The number of carbonyl (C=O) groups is 4. The lowest BCUT2D eigenvalue weighted by Crippen LogP contribution is -2.48. The van der Waals surface area contributed by atoms with Gasteiger partial charge in [-0.3, -0.25) is 19.2 Å². The molecule has 5 atom stereocenters. The minimum atomic E-state index is -2.19. The maximum absolute atomic E-state index is 13.3. The van der Waals surface area contributed by atoms with Crippen molar-refractivity contribution in [1.29, 1.82) is 0 Å². The average molecular weight is 458 g/mol. The summed E-state index contributed by atoms with van der Waals surface area (Å²) in [6.07, 6.45) is 1.10. The molecule has 10 heteroatoms. The van der Waals surface area contributed by atoms with Gasteiger partial charge in [-0.2, -0.15) is 0 Å². The lowest BCUT2D eigenvalue weighted by molar-refractivity contribution is -0.154. The summed E-state index contributed by atoms with van der Waals surface area (Å²) < 4.78 is 4.76. The van der Waals surface area contributed by atoms with Gasteiger partial charge in [-0.25, -0.2) is 0 Å². The predicted octanol–water partition coefficient (Wildman–Crippen LogP) is 1.12. The molecule has 0 saturated carbocycles. The number of ketones is 3. The second kappa shape index (κ2) is 7.53. The van der Waals surface area contributed by atoms with E-state index in [2.05, 4.69) is 0 Å². The molecule has 5 unspecified atom stereocenters. The zero-order valence-corrected chi connectivity index (χ0v) is 17.7. The number of esters is 1. The van der Waals surface area contributed by atoms with Gasteiger partial charge in [0.25, 0.3) is 0 Å². The van der Waals surface area contributed by atoms with Gasteiger partial charge in [-0.1, -0.05) is 12.2 Å². The van der Waals surface area contributed by atoms with Gasteiger partial charge >= 0.3 is 5.97 Å². The van der Waals surface area contributed by atoms with Crippen molar-refractivity contribution in [2.45, 2.75) is 37.4 Å². The van der Waals surface area contributed by atoms with Crippen molar-refractivity contribution in [2.24, 2.45) is 11.8 Å². The number of hydrogen-bond donors (Lipinski definition) is 5. The number of hydrogen-bond acceptors (Lipinski definition) is 10.